The predicted octanol–water partition coefficient (Wildman–Crippen LogP) is 2.78. The van der Waals surface area contributed by atoms with Crippen molar-refractivity contribution in [3.63, 3.8) is 0 Å². The second-order valence-electron chi connectivity index (χ2n) is 7.79. The van der Waals surface area contributed by atoms with Crippen LogP contribution in [0, 0.1) is 0 Å². The fraction of sp³-hybridized carbons (Fsp3) is 0.364. The van der Waals surface area contributed by atoms with Gasteiger partial charge in [-0.05, 0) is 43.7 Å². The summed E-state index contributed by atoms with van der Waals surface area (Å²) >= 11 is 0. The van der Waals surface area contributed by atoms with E-state index in [0.717, 1.165) is 22.5 Å². The maximum absolute atomic E-state index is 12.7. The third kappa shape index (κ3) is 3.23. The van der Waals surface area contributed by atoms with Crippen molar-refractivity contribution in [1.82, 2.24) is 19.7 Å². The topological polar surface area (TPSA) is 82.4 Å². The second-order valence-corrected chi connectivity index (χ2v) is 7.79. The van der Waals surface area contributed by atoms with Gasteiger partial charge in [-0.25, -0.2) is 14.6 Å². The molecule has 8 nitrogen and oxygen atoms in total. The van der Waals surface area contributed by atoms with E-state index in [2.05, 4.69) is 10.1 Å². The quantitative estimate of drug-likeness (QED) is 0.625. The Bertz CT molecular complexity index is 1090. The summed E-state index contributed by atoms with van der Waals surface area (Å²) in [5.74, 6) is 1.97. The molecule has 8 heteroatoms. The zero-order valence-corrected chi connectivity index (χ0v) is 17.8. The average Bonchev–Trinajstić information content (AvgIpc) is 3.26. The first-order chi connectivity index (χ1) is 14.4. The van der Waals surface area contributed by atoms with E-state index in [9.17, 15) is 4.79 Å². The van der Waals surface area contributed by atoms with E-state index >= 15 is 0 Å². The lowest BCUT2D eigenvalue weighted by molar-refractivity contribution is -0.121. The largest absolute Gasteiger partial charge is 0.481 e. The Morgan fingerprint density at radius 1 is 1.13 bits per heavy atom. The van der Waals surface area contributed by atoms with Crippen LogP contribution >= 0.6 is 0 Å². The van der Waals surface area contributed by atoms with E-state index in [4.69, 9.17) is 14.5 Å². The summed E-state index contributed by atoms with van der Waals surface area (Å²) in [5, 5.41) is 4.68. The first-order valence-electron chi connectivity index (χ1n) is 9.75. The van der Waals surface area contributed by atoms with Crippen molar-refractivity contribution in [2.45, 2.75) is 25.7 Å². The number of methoxy groups -OCH3 is 2. The standard InChI is InChI=1S/C22H25N5O3/c1-22(2)16-12-14(6-8-17(16)26(3)21(22)28)20-24-18(10-11-29-4)25-27(20)15-7-9-19(30-5)23-13-15/h6-9,12-13H,10-11H2,1-5H3. The number of benzene rings is 1. The SMILES string of the molecule is COCCc1nc(-c2ccc3c(c2)C(C)(C)C(=O)N3C)n(-c2ccc(OC)nc2)n1. The molecule has 0 bridgehead atoms. The molecule has 3 aromatic rings. The molecule has 4 rings (SSSR count). The van der Waals surface area contributed by atoms with Gasteiger partial charge < -0.3 is 14.4 Å². The first kappa shape index (κ1) is 20.0. The molecule has 3 heterocycles. The lowest BCUT2D eigenvalue weighted by Crippen LogP contribution is -2.33. The maximum atomic E-state index is 12.7. The van der Waals surface area contributed by atoms with E-state index in [1.807, 2.05) is 45.2 Å². The molecule has 0 N–H and O–H groups in total. The van der Waals surface area contributed by atoms with Gasteiger partial charge in [0.2, 0.25) is 11.8 Å². The smallest absolute Gasteiger partial charge is 0.236 e. The predicted molar refractivity (Wildman–Crippen MR) is 113 cm³/mol. The highest BCUT2D eigenvalue weighted by Gasteiger charge is 2.42. The molecule has 1 aromatic carbocycles. The van der Waals surface area contributed by atoms with E-state index in [1.165, 1.54) is 0 Å². The molecular formula is C22H25N5O3. The normalized spacial score (nSPS) is 14.8. The third-order valence-corrected chi connectivity index (χ3v) is 5.48. The molecule has 1 amide bonds. The number of aromatic nitrogens is 4. The van der Waals surface area contributed by atoms with Crippen LogP contribution < -0.4 is 9.64 Å². The number of fused-ring (bicyclic) bond motifs is 1. The molecule has 1 aliphatic heterocycles. The van der Waals surface area contributed by atoms with Crippen LogP contribution in [-0.4, -0.2) is 53.5 Å². The van der Waals surface area contributed by atoms with Crippen molar-refractivity contribution in [3.05, 3.63) is 47.9 Å². The summed E-state index contributed by atoms with van der Waals surface area (Å²) in [4.78, 5) is 23.4. The molecule has 156 valence electrons. The summed E-state index contributed by atoms with van der Waals surface area (Å²) in [7, 11) is 5.04. The number of carbonyl (C=O) groups excluding carboxylic acids is 1. The zero-order chi connectivity index (χ0) is 21.5. The van der Waals surface area contributed by atoms with Crippen molar-refractivity contribution in [2.75, 3.05) is 32.8 Å². The van der Waals surface area contributed by atoms with Crippen LogP contribution in [0.3, 0.4) is 0 Å². The Hall–Kier alpha value is -3.26. The van der Waals surface area contributed by atoms with Crippen LogP contribution in [0.4, 0.5) is 5.69 Å². The van der Waals surface area contributed by atoms with Gasteiger partial charge in [0.15, 0.2) is 11.6 Å². The highest BCUT2D eigenvalue weighted by Crippen LogP contribution is 2.42. The van der Waals surface area contributed by atoms with Gasteiger partial charge in [-0.2, -0.15) is 5.10 Å². The van der Waals surface area contributed by atoms with Gasteiger partial charge in [-0.3, -0.25) is 4.79 Å². The third-order valence-electron chi connectivity index (χ3n) is 5.48. The van der Waals surface area contributed by atoms with E-state index < -0.39 is 5.41 Å². The summed E-state index contributed by atoms with van der Waals surface area (Å²) < 4.78 is 12.1. The van der Waals surface area contributed by atoms with Gasteiger partial charge in [0.05, 0.1) is 31.0 Å². The van der Waals surface area contributed by atoms with Crippen LogP contribution in [0.2, 0.25) is 0 Å². The van der Waals surface area contributed by atoms with Crippen molar-refractivity contribution < 1.29 is 14.3 Å². The van der Waals surface area contributed by atoms with Crippen LogP contribution in [0.1, 0.15) is 25.2 Å². The number of likely N-dealkylation sites (N-methyl/N-ethyl adjacent to an activating group) is 1. The highest BCUT2D eigenvalue weighted by atomic mass is 16.5. The molecule has 0 spiro atoms. The molecule has 0 radical (unpaired) electrons. The monoisotopic (exact) mass is 407 g/mol. The summed E-state index contributed by atoms with van der Waals surface area (Å²) in [6.07, 6.45) is 2.30. The number of pyridine rings is 1. The number of nitrogens with zero attached hydrogens (tertiary/aromatic N) is 5. The minimum Gasteiger partial charge on any atom is -0.481 e. The van der Waals surface area contributed by atoms with Crippen LogP contribution in [0.25, 0.3) is 17.1 Å². The fourth-order valence-corrected chi connectivity index (χ4v) is 3.75. The average molecular weight is 407 g/mol. The van der Waals surface area contributed by atoms with Crippen molar-refractivity contribution in [1.29, 1.82) is 0 Å². The molecule has 0 aliphatic carbocycles. The van der Waals surface area contributed by atoms with Crippen LogP contribution in [0.5, 0.6) is 5.88 Å². The van der Waals surface area contributed by atoms with Crippen molar-refractivity contribution in [2.24, 2.45) is 0 Å². The highest BCUT2D eigenvalue weighted by molar-refractivity contribution is 6.07. The fourth-order valence-electron chi connectivity index (χ4n) is 3.75. The lowest BCUT2D eigenvalue weighted by atomic mass is 9.85. The number of amides is 1. The Morgan fingerprint density at radius 2 is 1.93 bits per heavy atom. The lowest BCUT2D eigenvalue weighted by Gasteiger charge is -2.16. The number of carbonyl (C=O) groups is 1. The molecular weight excluding hydrogens is 382 g/mol. The molecule has 0 saturated heterocycles. The Labute approximate surface area is 175 Å². The van der Waals surface area contributed by atoms with Gasteiger partial charge >= 0.3 is 0 Å². The van der Waals surface area contributed by atoms with Gasteiger partial charge in [0.1, 0.15) is 0 Å². The molecule has 0 atom stereocenters. The summed E-state index contributed by atoms with van der Waals surface area (Å²) in [5.41, 5.74) is 2.97. The first-order valence-corrected chi connectivity index (χ1v) is 9.75. The number of anilines is 1. The Kier molecular flexibility index (Phi) is 5.03. The number of rotatable bonds is 6. The van der Waals surface area contributed by atoms with Gasteiger partial charge in [0.25, 0.3) is 0 Å². The zero-order valence-electron chi connectivity index (χ0n) is 17.8. The molecule has 0 unspecified atom stereocenters. The van der Waals surface area contributed by atoms with Crippen molar-refractivity contribution >= 4 is 11.6 Å². The van der Waals surface area contributed by atoms with E-state index in [0.29, 0.717) is 30.6 Å². The molecule has 1 aliphatic rings. The number of hydrogen-bond acceptors (Lipinski definition) is 6. The van der Waals surface area contributed by atoms with E-state index in [-0.39, 0.29) is 5.91 Å². The van der Waals surface area contributed by atoms with Gasteiger partial charge in [0, 0.05) is 37.9 Å². The molecule has 30 heavy (non-hydrogen) atoms. The molecule has 2 aromatic heterocycles. The van der Waals surface area contributed by atoms with Gasteiger partial charge in [-0.15, -0.1) is 0 Å². The number of ether oxygens (including phenoxy) is 2. The number of hydrogen-bond donors (Lipinski definition) is 0. The Morgan fingerprint density at radius 3 is 2.60 bits per heavy atom. The van der Waals surface area contributed by atoms with Crippen LogP contribution in [0.15, 0.2) is 36.5 Å². The summed E-state index contributed by atoms with van der Waals surface area (Å²) in [6.45, 7) is 4.42. The minimum atomic E-state index is -0.592. The van der Waals surface area contributed by atoms with Gasteiger partial charge in [-0.1, -0.05) is 0 Å². The second kappa shape index (κ2) is 7.53. The van der Waals surface area contributed by atoms with Crippen LogP contribution in [-0.2, 0) is 21.4 Å². The molecule has 0 fully saturated rings. The van der Waals surface area contributed by atoms with E-state index in [1.54, 1.807) is 36.1 Å². The maximum Gasteiger partial charge on any atom is 0.236 e. The minimum absolute atomic E-state index is 0.0799. The Balaban J connectivity index is 1.83. The van der Waals surface area contributed by atoms with Crippen molar-refractivity contribution in [3.8, 4) is 23.0 Å². The summed E-state index contributed by atoms with van der Waals surface area (Å²) in [6, 6.07) is 9.65. The molecule has 0 saturated carbocycles.